The summed E-state index contributed by atoms with van der Waals surface area (Å²) in [5, 5.41) is 0.984. The first-order valence-electron chi connectivity index (χ1n) is 12.5. The first kappa shape index (κ1) is 22.8. The summed E-state index contributed by atoms with van der Waals surface area (Å²) in [7, 11) is 1.62. The lowest BCUT2D eigenvalue weighted by molar-refractivity contribution is 0.244. The van der Waals surface area contributed by atoms with Gasteiger partial charge in [-0.2, -0.15) is 0 Å². The predicted octanol–water partition coefficient (Wildman–Crippen LogP) is 4.66. The van der Waals surface area contributed by atoms with Crippen LogP contribution in [0.15, 0.2) is 51.7 Å². The number of fused-ring (bicyclic) bond motifs is 3. The van der Waals surface area contributed by atoms with E-state index in [4.69, 9.17) is 13.9 Å². The summed E-state index contributed by atoms with van der Waals surface area (Å²) >= 11 is 0. The maximum Gasteiger partial charge on any atom is 0.339 e. The monoisotopic (exact) mass is 462 g/mol. The van der Waals surface area contributed by atoms with E-state index in [0.29, 0.717) is 17.9 Å². The highest BCUT2D eigenvalue weighted by atomic mass is 16.5. The number of piperazine rings is 1. The Labute approximate surface area is 201 Å². The minimum absolute atomic E-state index is 0.211. The first-order valence-corrected chi connectivity index (χ1v) is 12.5. The van der Waals surface area contributed by atoms with Crippen LogP contribution >= 0.6 is 0 Å². The van der Waals surface area contributed by atoms with Crippen molar-refractivity contribution in [3.8, 4) is 11.5 Å². The maximum absolute atomic E-state index is 12.2. The Balaban J connectivity index is 1.08. The highest BCUT2D eigenvalue weighted by Gasteiger charge is 2.21. The van der Waals surface area contributed by atoms with Crippen LogP contribution in [0.4, 0.5) is 5.69 Å². The second kappa shape index (κ2) is 10.5. The van der Waals surface area contributed by atoms with Crippen molar-refractivity contribution in [2.24, 2.45) is 0 Å². The van der Waals surface area contributed by atoms with Crippen LogP contribution in [0.1, 0.15) is 36.8 Å². The van der Waals surface area contributed by atoms with Crippen LogP contribution in [0.2, 0.25) is 0 Å². The van der Waals surface area contributed by atoms with Gasteiger partial charge in [0.15, 0.2) is 11.5 Å². The Kier molecular flexibility index (Phi) is 7.05. The summed E-state index contributed by atoms with van der Waals surface area (Å²) in [5.41, 5.74) is 3.65. The van der Waals surface area contributed by atoms with E-state index >= 15 is 0 Å². The highest BCUT2D eigenvalue weighted by Crippen LogP contribution is 2.36. The molecule has 0 bridgehead atoms. The van der Waals surface area contributed by atoms with Gasteiger partial charge in [0.1, 0.15) is 5.58 Å². The molecule has 2 heterocycles. The largest absolute Gasteiger partial charge is 0.493 e. The number of hydrogen-bond donors (Lipinski definition) is 0. The second-order valence-corrected chi connectivity index (χ2v) is 9.27. The van der Waals surface area contributed by atoms with Crippen LogP contribution in [-0.4, -0.2) is 51.3 Å². The lowest BCUT2D eigenvalue weighted by Gasteiger charge is -2.36. The number of aryl methyl sites for hydroxylation is 1. The molecule has 1 aliphatic carbocycles. The molecular formula is C28H34N2O4. The molecule has 0 N–H and O–H groups in total. The molecule has 5 rings (SSSR count). The molecule has 1 fully saturated rings. The Morgan fingerprint density at radius 2 is 1.71 bits per heavy atom. The van der Waals surface area contributed by atoms with Crippen LogP contribution < -0.4 is 20.0 Å². The molecule has 3 aromatic rings. The zero-order chi connectivity index (χ0) is 23.3. The van der Waals surface area contributed by atoms with Crippen molar-refractivity contribution < 1.29 is 13.9 Å². The Bertz CT molecular complexity index is 1170. The zero-order valence-corrected chi connectivity index (χ0v) is 20.1. The second-order valence-electron chi connectivity index (χ2n) is 9.27. The molecule has 0 spiro atoms. The van der Waals surface area contributed by atoms with Gasteiger partial charge >= 0.3 is 5.63 Å². The maximum atomic E-state index is 12.2. The number of nitrogens with zero attached hydrogens (tertiary/aromatic N) is 2. The van der Waals surface area contributed by atoms with Gasteiger partial charge < -0.3 is 18.8 Å². The van der Waals surface area contributed by atoms with Crippen LogP contribution in [0, 0.1) is 0 Å². The van der Waals surface area contributed by atoms with Gasteiger partial charge in [0.25, 0.3) is 0 Å². The number of rotatable bonds is 9. The number of methoxy groups -OCH3 is 1. The summed E-state index contributed by atoms with van der Waals surface area (Å²) in [4.78, 5) is 17.3. The summed E-state index contributed by atoms with van der Waals surface area (Å²) in [6, 6.07) is 14.5. The summed E-state index contributed by atoms with van der Waals surface area (Å²) < 4.78 is 17.2. The standard InChI is InChI=1S/C28H34N2O4/c1-32-26-20-25-24(22-11-8-12-23(22)28(31)34-25)19-27(26)33-18-7-3-6-13-29-14-16-30(17-15-29)21-9-4-2-5-10-21/h2,4-5,9-10,19-20H,3,6-8,11-18H2,1H3. The first-order chi connectivity index (χ1) is 16.7. The Morgan fingerprint density at radius 1 is 0.912 bits per heavy atom. The van der Waals surface area contributed by atoms with Crippen LogP contribution in [0.25, 0.3) is 11.0 Å². The van der Waals surface area contributed by atoms with Crippen molar-refractivity contribution >= 4 is 16.7 Å². The van der Waals surface area contributed by atoms with E-state index in [2.05, 4.69) is 40.1 Å². The molecule has 2 aliphatic rings. The molecule has 34 heavy (non-hydrogen) atoms. The van der Waals surface area contributed by atoms with Gasteiger partial charge in [-0.15, -0.1) is 0 Å². The molecule has 6 nitrogen and oxygen atoms in total. The minimum atomic E-state index is -0.211. The molecule has 0 saturated carbocycles. The zero-order valence-electron chi connectivity index (χ0n) is 20.1. The molecule has 0 amide bonds. The molecule has 6 heteroatoms. The van der Waals surface area contributed by atoms with Gasteiger partial charge in [-0.05, 0) is 68.8 Å². The topological polar surface area (TPSA) is 55.2 Å². The number of para-hydroxylation sites is 1. The van der Waals surface area contributed by atoms with Crippen LogP contribution in [0.5, 0.6) is 11.5 Å². The lowest BCUT2D eigenvalue weighted by atomic mass is 10.1. The molecule has 0 unspecified atom stereocenters. The summed E-state index contributed by atoms with van der Waals surface area (Å²) in [5.74, 6) is 1.35. The SMILES string of the molecule is COc1cc2oc(=O)c3c(c2cc1OCCCCCN1CCN(c2ccccc2)CC1)CCC3. The van der Waals surface area contributed by atoms with Crippen molar-refractivity contribution in [2.75, 3.05) is 51.3 Å². The molecule has 0 radical (unpaired) electrons. The average molecular weight is 463 g/mol. The number of anilines is 1. The van der Waals surface area contributed by atoms with E-state index in [9.17, 15) is 4.79 Å². The van der Waals surface area contributed by atoms with E-state index in [0.717, 1.165) is 87.1 Å². The van der Waals surface area contributed by atoms with E-state index in [1.165, 1.54) is 12.1 Å². The van der Waals surface area contributed by atoms with E-state index in [-0.39, 0.29) is 5.63 Å². The predicted molar refractivity (Wildman–Crippen MR) is 136 cm³/mol. The number of hydrogen-bond acceptors (Lipinski definition) is 6. The smallest absolute Gasteiger partial charge is 0.339 e. The van der Waals surface area contributed by atoms with E-state index in [1.54, 1.807) is 13.2 Å². The molecule has 1 saturated heterocycles. The van der Waals surface area contributed by atoms with Crippen molar-refractivity contribution in [3.63, 3.8) is 0 Å². The van der Waals surface area contributed by atoms with Crippen molar-refractivity contribution in [2.45, 2.75) is 38.5 Å². The summed E-state index contributed by atoms with van der Waals surface area (Å²) in [6.45, 7) is 6.24. The minimum Gasteiger partial charge on any atom is -0.493 e. The van der Waals surface area contributed by atoms with E-state index in [1.807, 2.05) is 6.07 Å². The van der Waals surface area contributed by atoms with Gasteiger partial charge in [0, 0.05) is 48.9 Å². The fourth-order valence-corrected chi connectivity index (χ4v) is 5.23. The molecule has 2 aromatic carbocycles. The molecular weight excluding hydrogens is 428 g/mol. The van der Waals surface area contributed by atoms with Gasteiger partial charge in [0.2, 0.25) is 0 Å². The average Bonchev–Trinajstić information content (AvgIpc) is 3.38. The summed E-state index contributed by atoms with van der Waals surface area (Å²) in [6.07, 6.45) is 6.05. The Hall–Kier alpha value is -2.99. The van der Waals surface area contributed by atoms with Crippen molar-refractivity contribution in [3.05, 3.63) is 64.0 Å². The number of benzene rings is 2. The van der Waals surface area contributed by atoms with Gasteiger partial charge in [-0.1, -0.05) is 18.2 Å². The van der Waals surface area contributed by atoms with Crippen molar-refractivity contribution in [1.29, 1.82) is 0 Å². The van der Waals surface area contributed by atoms with Gasteiger partial charge in [0.05, 0.1) is 13.7 Å². The third-order valence-electron chi connectivity index (χ3n) is 7.13. The number of ether oxygens (including phenoxy) is 2. The van der Waals surface area contributed by atoms with Crippen LogP contribution in [0.3, 0.4) is 0 Å². The highest BCUT2D eigenvalue weighted by molar-refractivity contribution is 5.85. The molecule has 1 aliphatic heterocycles. The normalized spacial score (nSPS) is 16.1. The molecule has 1 aromatic heterocycles. The fourth-order valence-electron chi connectivity index (χ4n) is 5.23. The third kappa shape index (κ3) is 4.92. The van der Waals surface area contributed by atoms with E-state index < -0.39 is 0 Å². The molecule has 180 valence electrons. The number of unbranched alkanes of at least 4 members (excludes halogenated alkanes) is 2. The van der Waals surface area contributed by atoms with Crippen LogP contribution in [-0.2, 0) is 12.8 Å². The molecule has 0 atom stereocenters. The lowest BCUT2D eigenvalue weighted by Crippen LogP contribution is -2.46. The van der Waals surface area contributed by atoms with Gasteiger partial charge in [-0.25, -0.2) is 4.79 Å². The van der Waals surface area contributed by atoms with Crippen molar-refractivity contribution in [1.82, 2.24) is 4.90 Å². The van der Waals surface area contributed by atoms with Gasteiger partial charge in [-0.3, -0.25) is 4.90 Å². The fraction of sp³-hybridized carbons (Fsp3) is 0.464. The quantitative estimate of drug-likeness (QED) is 0.341. The third-order valence-corrected chi connectivity index (χ3v) is 7.13. The Morgan fingerprint density at radius 3 is 2.50 bits per heavy atom.